The molecule has 1 fully saturated rings. The van der Waals surface area contributed by atoms with Crippen LogP contribution in [0.5, 0.6) is 5.75 Å². The Morgan fingerprint density at radius 2 is 1.80 bits per heavy atom. The number of rotatable bonds is 6. The normalized spacial score (nSPS) is 19.8. The van der Waals surface area contributed by atoms with Crippen molar-refractivity contribution in [3.05, 3.63) is 98.7 Å². The summed E-state index contributed by atoms with van der Waals surface area (Å²) < 4.78 is 6.63. The lowest BCUT2D eigenvalue weighted by molar-refractivity contribution is -0.122. The molecule has 2 aliphatic heterocycles. The summed E-state index contributed by atoms with van der Waals surface area (Å²) in [7, 11) is 1.55. The standard InChI is InChI=1S/C29H24N4O5S2/c1-16-6-3-4-8-20(16)31-21(34)15-32-28-25(40-29(32)37)22(17-7-5-13-30-14-17)23-24(39-28)27(36)33(26(23)35)18-9-11-19(38-2)12-10-18/h3-14,22-24H,15H2,1-2H3,(H,31,34)/t22-,23-,24+/m0/s1. The summed E-state index contributed by atoms with van der Waals surface area (Å²) in [6, 6.07) is 17.8. The number of thiazole rings is 1. The third-order valence-electron chi connectivity index (χ3n) is 7.14. The number of ether oxygens (including phenoxy) is 1. The molecular weight excluding hydrogens is 548 g/mol. The molecule has 3 amide bonds. The van der Waals surface area contributed by atoms with E-state index in [0.717, 1.165) is 22.5 Å². The number of nitrogens with one attached hydrogen (secondary N) is 1. The molecule has 0 unspecified atom stereocenters. The van der Waals surface area contributed by atoms with E-state index in [9.17, 15) is 19.2 Å². The van der Waals surface area contributed by atoms with Gasteiger partial charge in [-0.1, -0.05) is 47.4 Å². The molecule has 3 atom stereocenters. The number of imide groups is 1. The van der Waals surface area contributed by atoms with Crippen LogP contribution in [0, 0.1) is 12.8 Å². The number of methoxy groups -OCH3 is 1. The average Bonchev–Trinajstić information content (AvgIpc) is 3.41. The van der Waals surface area contributed by atoms with Gasteiger partial charge < -0.3 is 10.1 Å². The highest BCUT2D eigenvalue weighted by Gasteiger charge is 2.56. The van der Waals surface area contributed by atoms with Crippen LogP contribution in [-0.2, 0) is 20.9 Å². The molecule has 4 heterocycles. The summed E-state index contributed by atoms with van der Waals surface area (Å²) in [5, 5.41) is 2.63. The van der Waals surface area contributed by atoms with Crippen LogP contribution in [0.15, 0.2) is 82.9 Å². The number of thioether (sulfide) groups is 1. The number of aryl methyl sites for hydroxylation is 1. The van der Waals surface area contributed by atoms with Gasteiger partial charge in [-0.05, 0) is 54.4 Å². The third kappa shape index (κ3) is 4.40. The Morgan fingerprint density at radius 1 is 1.02 bits per heavy atom. The van der Waals surface area contributed by atoms with Gasteiger partial charge in [-0.3, -0.25) is 28.7 Å². The van der Waals surface area contributed by atoms with Crippen LogP contribution in [0.2, 0.25) is 0 Å². The SMILES string of the molecule is COc1ccc(N2C(=O)[C@H]3[C@H](c4cccnc4)c4sc(=O)n(CC(=O)Nc5ccccc5C)c4S[C@H]3C2=O)cc1. The molecule has 0 bridgehead atoms. The molecule has 1 N–H and O–H groups in total. The van der Waals surface area contributed by atoms with E-state index in [1.807, 2.05) is 31.2 Å². The lowest BCUT2D eigenvalue weighted by Gasteiger charge is -2.30. The minimum atomic E-state index is -0.771. The summed E-state index contributed by atoms with van der Waals surface area (Å²) in [5.74, 6) is -1.74. The van der Waals surface area contributed by atoms with Crippen molar-refractivity contribution in [3.8, 4) is 5.75 Å². The molecule has 40 heavy (non-hydrogen) atoms. The van der Waals surface area contributed by atoms with Crippen LogP contribution in [0.3, 0.4) is 0 Å². The number of fused-ring (bicyclic) bond motifs is 2. The summed E-state index contributed by atoms with van der Waals surface area (Å²) in [6.45, 7) is 1.67. The maximum Gasteiger partial charge on any atom is 0.308 e. The number of amides is 3. The van der Waals surface area contributed by atoms with E-state index in [4.69, 9.17) is 4.74 Å². The minimum Gasteiger partial charge on any atom is -0.497 e. The Hall–Kier alpha value is -4.22. The van der Waals surface area contributed by atoms with E-state index in [-0.39, 0.29) is 29.1 Å². The molecule has 4 aromatic rings. The summed E-state index contributed by atoms with van der Waals surface area (Å²) in [6.07, 6.45) is 3.29. The molecule has 0 spiro atoms. The van der Waals surface area contributed by atoms with Gasteiger partial charge in [0, 0.05) is 28.9 Å². The van der Waals surface area contributed by atoms with Crippen LogP contribution >= 0.6 is 23.1 Å². The monoisotopic (exact) mass is 572 g/mol. The molecule has 0 saturated carbocycles. The van der Waals surface area contributed by atoms with Crippen molar-refractivity contribution in [1.29, 1.82) is 0 Å². The van der Waals surface area contributed by atoms with Crippen molar-refractivity contribution < 1.29 is 19.1 Å². The fourth-order valence-corrected chi connectivity index (χ4v) is 7.98. The number of nitrogens with zero attached hydrogens (tertiary/aromatic N) is 3. The predicted octanol–water partition coefficient (Wildman–Crippen LogP) is 4.06. The highest BCUT2D eigenvalue weighted by atomic mass is 32.2. The van der Waals surface area contributed by atoms with Crippen molar-refractivity contribution in [2.75, 3.05) is 17.3 Å². The van der Waals surface area contributed by atoms with Gasteiger partial charge in [-0.15, -0.1) is 0 Å². The Labute approximate surface area is 237 Å². The number of pyridine rings is 1. The van der Waals surface area contributed by atoms with Crippen LogP contribution in [-0.4, -0.2) is 39.6 Å². The fourth-order valence-electron chi connectivity index (χ4n) is 5.21. The van der Waals surface area contributed by atoms with Crippen LogP contribution in [0.4, 0.5) is 11.4 Å². The largest absolute Gasteiger partial charge is 0.497 e. The molecule has 2 aromatic carbocycles. The maximum absolute atomic E-state index is 13.9. The zero-order valence-electron chi connectivity index (χ0n) is 21.6. The van der Waals surface area contributed by atoms with Crippen molar-refractivity contribution in [2.45, 2.75) is 29.7 Å². The molecule has 202 valence electrons. The Balaban J connectivity index is 1.39. The molecular formula is C29H24N4O5S2. The first-order valence-electron chi connectivity index (χ1n) is 12.5. The number of carbonyl (C=O) groups excluding carboxylic acids is 3. The third-order valence-corrected chi connectivity index (χ3v) is 9.75. The highest BCUT2D eigenvalue weighted by molar-refractivity contribution is 8.00. The van der Waals surface area contributed by atoms with Crippen LogP contribution in [0.25, 0.3) is 0 Å². The zero-order valence-corrected chi connectivity index (χ0v) is 23.2. The molecule has 2 aliphatic rings. The van der Waals surface area contributed by atoms with Crippen molar-refractivity contribution >= 4 is 52.2 Å². The number of hydrogen-bond acceptors (Lipinski definition) is 8. The van der Waals surface area contributed by atoms with Gasteiger partial charge in [0.25, 0.3) is 0 Å². The lowest BCUT2D eigenvalue weighted by Crippen LogP contribution is -2.33. The van der Waals surface area contributed by atoms with Gasteiger partial charge in [-0.25, -0.2) is 4.90 Å². The molecule has 9 nitrogen and oxygen atoms in total. The van der Waals surface area contributed by atoms with Gasteiger partial charge in [0.05, 0.1) is 23.7 Å². The van der Waals surface area contributed by atoms with E-state index >= 15 is 0 Å². The second-order valence-corrected chi connectivity index (χ2v) is 11.6. The first-order valence-corrected chi connectivity index (χ1v) is 14.2. The summed E-state index contributed by atoms with van der Waals surface area (Å²) in [4.78, 5) is 59.8. The average molecular weight is 573 g/mol. The minimum absolute atomic E-state index is 0.215. The van der Waals surface area contributed by atoms with E-state index in [0.29, 0.717) is 27.0 Å². The molecule has 0 aliphatic carbocycles. The summed E-state index contributed by atoms with van der Waals surface area (Å²) >= 11 is 2.18. The highest BCUT2D eigenvalue weighted by Crippen LogP contribution is 2.53. The van der Waals surface area contributed by atoms with Crippen molar-refractivity contribution in [3.63, 3.8) is 0 Å². The number of benzene rings is 2. The number of para-hydroxylation sites is 1. The molecule has 2 aromatic heterocycles. The van der Waals surface area contributed by atoms with Gasteiger partial charge in [-0.2, -0.15) is 0 Å². The Morgan fingerprint density at radius 3 is 2.50 bits per heavy atom. The topological polar surface area (TPSA) is 111 Å². The van der Waals surface area contributed by atoms with E-state index in [2.05, 4.69) is 10.3 Å². The first-order chi connectivity index (χ1) is 19.4. The lowest BCUT2D eigenvalue weighted by atomic mass is 9.84. The van der Waals surface area contributed by atoms with E-state index < -0.39 is 17.1 Å². The van der Waals surface area contributed by atoms with Gasteiger partial charge in [0.15, 0.2) is 0 Å². The van der Waals surface area contributed by atoms with Gasteiger partial charge in [0.1, 0.15) is 17.5 Å². The second kappa shape index (κ2) is 10.4. The number of carbonyl (C=O) groups is 3. The van der Waals surface area contributed by atoms with Crippen LogP contribution in [0.1, 0.15) is 21.9 Å². The van der Waals surface area contributed by atoms with E-state index in [1.54, 1.807) is 55.9 Å². The molecule has 1 saturated heterocycles. The van der Waals surface area contributed by atoms with E-state index in [1.165, 1.54) is 21.2 Å². The Kier molecular flexibility index (Phi) is 6.77. The first kappa shape index (κ1) is 26.0. The molecule has 0 radical (unpaired) electrons. The van der Waals surface area contributed by atoms with Crippen molar-refractivity contribution in [2.24, 2.45) is 5.92 Å². The predicted molar refractivity (Wildman–Crippen MR) is 153 cm³/mol. The van der Waals surface area contributed by atoms with Gasteiger partial charge in [0.2, 0.25) is 17.7 Å². The summed E-state index contributed by atoms with van der Waals surface area (Å²) in [5.41, 5.74) is 2.75. The van der Waals surface area contributed by atoms with Crippen LogP contribution < -0.4 is 19.8 Å². The Bertz CT molecular complexity index is 1680. The van der Waals surface area contributed by atoms with Gasteiger partial charge >= 0.3 is 4.87 Å². The molecule has 11 heteroatoms. The quantitative estimate of drug-likeness (QED) is 0.347. The zero-order chi connectivity index (χ0) is 28.0. The van der Waals surface area contributed by atoms with Crippen molar-refractivity contribution in [1.82, 2.24) is 9.55 Å². The fraction of sp³-hybridized carbons (Fsp3) is 0.207. The molecule has 6 rings (SSSR count). The number of aromatic nitrogens is 2. The second-order valence-electron chi connectivity index (χ2n) is 9.52. The smallest absolute Gasteiger partial charge is 0.308 e. The maximum atomic E-state index is 13.9. The number of hydrogen-bond donors (Lipinski definition) is 1. The number of anilines is 2.